The molecular weight excluding hydrogens is 324 g/mol. The average Bonchev–Trinajstić information content (AvgIpc) is 2.68. The quantitative estimate of drug-likeness (QED) is 0.709. The summed E-state index contributed by atoms with van der Waals surface area (Å²) in [6, 6.07) is 19.8. The lowest BCUT2D eigenvalue weighted by molar-refractivity contribution is -0.127. The van der Waals surface area contributed by atoms with Gasteiger partial charge in [-0.25, -0.2) is 4.98 Å². The second kappa shape index (κ2) is 8.00. The molecule has 1 N–H and O–H groups in total. The third kappa shape index (κ3) is 4.02. The number of para-hydroxylation sites is 1. The van der Waals surface area contributed by atoms with Gasteiger partial charge in [-0.1, -0.05) is 49.4 Å². The number of hydrogen-bond donors (Lipinski definition) is 1. The SMILES string of the molecule is CCC(C)NC(=O)C(C)Oc1cc(-c2ccccc2)nc2ccccc12. The minimum atomic E-state index is -0.585. The summed E-state index contributed by atoms with van der Waals surface area (Å²) in [5.74, 6) is 0.558. The van der Waals surface area contributed by atoms with Crippen molar-refractivity contribution in [2.75, 3.05) is 0 Å². The van der Waals surface area contributed by atoms with Crippen molar-refractivity contribution in [3.63, 3.8) is 0 Å². The van der Waals surface area contributed by atoms with Crippen LogP contribution in [0.1, 0.15) is 27.2 Å². The molecule has 0 aliphatic rings. The van der Waals surface area contributed by atoms with Crippen LogP contribution in [-0.2, 0) is 4.79 Å². The summed E-state index contributed by atoms with van der Waals surface area (Å²) < 4.78 is 6.04. The van der Waals surface area contributed by atoms with E-state index in [4.69, 9.17) is 9.72 Å². The summed E-state index contributed by atoms with van der Waals surface area (Å²) in [6.07, 6.45) is 0.299. The van der Waals surface area contributed by atoms with Gasteiger partial charge in [-0.3, -0.25) is 4.79 Å². The summed E-state index contributed by atoms with van der Waals surface area (Å²) >= 11 is 0. The second-order valence-electron chi connectivity index (χ2n) is 6.47. The molecule has 26 heavy (non-hydrogen) atoms. The van der Waals surface area contributed by atoms with Gasteiger partial charge in [0.05, 0.1) is 11.2 Å². The third-order valence-corrected chi connectivity index (χ3v) is 4.42. The Labute approximate surface area is 154 Å². The van der Waals surface area contributed by atoms with E-state index in [2.05, 4.69) is 5.32 Å². The molecule has 0 fully saturated rings. The number of carbonyl (C=O) groups excluding carboxylic acids is 1. The van der Waals surface area contributed by atoms with E-state index in [9.17, 15) is 4.79 Å². The Kier molecular flexibility index (Phi) is 5.52. The van der Waals surface area contributed by atoms with Crippen LogP contribution in [0.15, 0.2) is 60.7 Å². The molecule has 2 unspecified atom stereocenters. The van der Waals surface area contributed by atoms with Crippen LogP contribution < -0.4 is 10.1 Å². The van der Waals surface area contributed by atoms with Crippen LogP contribution in [0.4, 0.5) is 0 Å². The van der Waals surface area contributed by atoms with Gasteiger partial charge in [0, 0.05) is 23.1 Å². The molecule has 4 heteroatoms. The van der Waals surface area contributed by atoms with Crippen LogP contribution in [0.5, 0.6) is 5.75 Å². The molecule has 0 saturated heterocycles. The molecule has 3 aromatic rings. The van der Waals surface area contributed by atoms with Gasteiger partial charge in [0.2, 0.25) is 0 Å². The monoisotopic (exact) mass is 348 g/mol. The van der Waals surface area contributed by atoms with Crippen molar-refractivity contribution in [2.45, 2.75) is 39.3 Å². The number of fused-ring (bicyclic) bond motifs is 1. The molecule has 1 amide bonds. The van der Waals surface area contributed by atoms with E-state index in [0.717, 1.165) is 28.6 Å². The fourth-order valence-corrected chi connectivity index (χ4v) is 2.70. The number of nitrogens with one attached hydrogen (secondary N) is 1. The van der Waals surface area contributed by atoms with Crippen molar-refractivity contribution in [3.05, 3.63) is 60.7 Å². The van der Waals surface area contributed by atoms with Crippen molar-refractivity contribution in [1.82, 2.24) is 10.3 Å². The first-order chi connectivity index (χ1) is 12.6. The lowest BCUT2D eigenvalue weighted by Crippen LogP contribution is -2.41. The summed E-state index contributed by atoms with van der Waals surface area (Å²) in [4.78, 5) is 17.1. The molecule has 2 aromatic carbocycles. The molecule has 0 saturated carbocycles. The number of carbonyl (C=O) groups is 1. The van der Waals surface area contributed by atoms with Gasteiger partial charge in [-0.15, -0.1) is 0 Å². The summed E-state index contributed by atoms with van der Waals surface area (Å²) in [7, 11) is 0. The fourth-order valence-electron chi connectivity index (χ4n) is 2.70. The van der Waals surface area contributed by atoms with Gasteiger partial charge >= 0.3 is 0 Å². The zero-order valence-corrected chi connectivity index (χ0v) is 15.4. The Morgan fingerprint density at radius 1 is 1.08 bits per heavy atom. The largest absolute Gasteiger partial charge is 0.480 e. The number of hydrogen-bond acceptors (Lipinski definition) is 3. The van der Waals surface area contributed by atoms with E-state index < -0.39 is 6.10 Å². The van der Waals surface area contributed by atoms with E-state index in [1.165, 1.54) is 0 Å². The number of ether oxygens (including phenoxy) is 1. The van der Waals surface area contributed by atoms with Gasteiger partial charge in [0.1, 0.15) is 5.75 Å². The Morgan fingerprint density at radius 3 is 2.50 bits per heavy atom. The number of amides is 1. The molecule has 1 heterocycles. The van der Waals surface area contributed by atoms with Crippen molar-refractivity contribution in [3.8, 4) is 17.0 Å². The van der Waals surface area contributed by atoms with Gasteiger partial charge < -0.3 is 10.1 Å². The van der Waals surface area contributed by atoms with Crippen LogP contribution in [0.2, 0.25) is 0 Å². The first-order valence-electron chi connectivity index (χ1n) is 9.00. The highest BCUT2D eigenvalue weighted by molar-refractivity contribution is 5.89. The number of benzene rings is 2. The minimum absolute atomic E-state index is 0.110. The maximum absolute atomic E-state index is 12.4. The highest BCUT2D eigenvalue weighted by Gasteiger charge is 2.18. The molecule has 134 valence electrons. The minimum Gasteiger partial charge on any atom is -0.480 e. The second-order valence-corrected chi connectivity index (χ2v) is 6.47. The molecular formula is C22H24N2O2. The first-order valence-corrected chi connectivity index (χ1v) is 9.00. The Balaban J connectivity index is 1.95. The number of rotatable bonds is 6. The van der Waals surface area contributed by atoms with Gasteiger partial charge in [0.15, 0.2) is 6.10 Å². The molecule has 0 aliphatic carbocycles. The highest BCUT2D eigenvalue weighted by Crippen LogP contribution is 2.30. The van der Waals surface area contributed by atoms with E-state index in [1.807, 2.05) is 74.5 Å². The zero-order valence-electron chi connectivity index (χ0n) is 15.4. The van der Waals surface area contributed by atoms with Crippen molar-refractivity contribution >= 4 is 16.8 Å². The Bertz CT molecular complexity index is 893. The van der Waals surface area contributed by atoms with Crippen LogP contribution in [-0.4, -0.2) is 23.0 Å². The summed E-state index contributed by atoms with van der Waals surface area (Å²) in [5.41, 5.74) is 2.69. The number of nitrogens with zero attached hydrogens (tertiary/aromatic N) is 1. The lowest BCUT2D eigenvalue weighted by Gasteiger charge is -2.19. The molecule has 1 aromatic heterocycles. The maximum atomic E-state index is 12.4. The fraction of sp³-hybridized carbons (Fsp3) is 0.273. The van der Waals surface area contributed by atoms with Crippen LogP contribution in [0.25, 0.3) is 22.2 Å². The van der Waals surface area contributed by atoms with Gasteiger partial charge in [0.25, 0.3) is 5.91 Å². The van der Waals surface area contributed by atoms with Crippen molar-refractivity contribution in [1.29, 1.82) is 0 Å². The molecule has 2 atom stereocenters. The van der Waals surface area contributed by atoms with Gasteiger partial charge in [-0.2, -0.15) is 0 Å². The topological polar surface area (TPSA) is 51.2 Å². The summed E-state index contributed by atoms with van der Waals surface area (Å²) in [5, 5.41) is 3.86. The van der Waals surface area contributed by atoms with Crippen LogP contribution in [0, 0.1) is 0 Å². The molecule has 0 spiro atoms. The molecule has 0 aliphatic heterocycles. The van der Waals surface area contributed by atoms with Crippen LogP contribution >= 0.6 is 0 Å². The number of aromatic nitrogens is 1. The Morgan fingerprint density at radius 2 is 1.77 bits per heavy atom. The third-order valence-electron chi connectivity index (χ3n) is 4.42. The molecule has 0 radical (unpaired) electrons. The lowest BCUT2D eigenvalue weighted by atomic mass is 10.1. The van der Waals surface area contributed by atoms with E-state index >= 15 is 0 Å². The summed E-state index contributed by atoms with van der Waals surface area (Å²) in [6.45, 7) is 5.80. The smallest absolute Gasteiger partial charge is 0.260 e. The average molecular weight is 348 g/mol. The normalized spacial score (nSPS) is 13.2. The predicted molar refractivity (Wildman–Crippen MR) is 105 cm³/mol. The maximum Gasteiger partial charge on any atom is 0.260 e. The molecule has 0 bridgehead atoms. The molecule has 4 nitrogen and oxygen atoms in total. The first kappa shape index (κ1) is 17.9. The van der Waals surface area contributed by atoms with Crippen molar-refractivity contribution in [2.24, 2.45) is 0 Å². The van der Waals surface area contributed by atoms with E-state index in [1.54, 1.807) is 6.92 Å². The van der Waals surface area contributed by atoms with E-state index in [0.29, 0.717) is 5.75 Å². The molecule has 3 rings (SSSR count). The zero-order chi connectivity index (χ0) is 18.5. The van der Waals surface area contributed by atoms with Gasteiger partial charge in [-0.05, 0) is 32.4 Å². The van der Waals surface area contributed by atoms with E-state index in [-0.39, 0.29) is 11.9 Å². The van der Waals surface area contributed by atoms with Crippen LogP contribution in [0.3, 0.4) is 0 Å². The highest BCUT2D eigenvalue weighted by atomic mass is 16.5. The Hall–Kier alpha value is -2.88. The predicted octanol–water partition coefficient (Wildman–Crippen LogP) is 4.58. The van der Waals surface area contributed by atoms with Crippen molar-refractivity contribution < 1.29 is 9.53 Å². The standard InChI is InChI=1S/C22H24N2O2/c1-4-15(2)23-22(25)16(3)26-21-14-20(17-10-6-5-7-11-17)24-19-13-9-8-12-18(19)21/h5-16H,4H2,1-3H3,(H,23,25). The number of pyridine rings is 1.